The molecule has 3 rings (SSSR count). The fourth-order valence-electron chi connectivity index (χ4n) is 2.27. The maximum Gasteiger partial charge on any atom is 0.290 e. The van der Waals surface area contributed by atoms with Crippen molar-refractivity contribution in [3.05, 3.63) is 48.2 Å². The third-order valence-electron chi connectivity index (χ3n) is 3.22. The average molecular weight is 338 g/mol. The Morgan fingerprint density at radius 2 is 2.04 bits per heavy atom. The van der Waals surface area contributed by atoms with Gasteiger partial charge in [-0.15, -0.1) is 4.40 Å². The van der Waals surface area contributed by atoms with Gasteiger partial charge in [-0.05, 0) is 25.1 Å². The normalized spacial score (nSPS) is 15.3. The predicted molar refractivity (Wildman–Crippen MR) is 81.9 cm³/mol. The smallest absolute Gasteiger partial charge is 0.290 e. The van der Waals surface area contributed by atoms with Crippen LogP contribution in [0.25, 0.3) is 0 Å². The molecule has 23 heavy (non-hydrogen) atoms. The summed E-state index contributed by atoms with van der Waals surface area (Å²) in [5, 5.41) is 2.66. The van der Waals surface area contributed by atoms with Crippen molar-refractivity contribution in [2.24, 2.45) is 4.40 Å². The molecule has 0 bridgehead atoms. The molecule has 0 amide bonds. The van der Waals surface area contributed by atoms with Crippen molar-refractivity contribution in [2.75, 3.05) is 16.8 Å². The Hall–Kier alpha value is -2.55. The van der Waals surface area contributed by atoms with Crippen molar-refractivity contribution in [2.45, 2.75) is 11.8 Å². The van der Waals surface area contributed by atoms with Gasteiger partial charge in [0.25, 0.3) is 10.0 Å². The van der Waals surface area contributed by atoms with E-state index < -0.39 is 26.6 Å². The second-order valence-electron chi connectivity index (χ2n) is 4.71. The Kier molecular flexibility index (Phi) is 3.72. The van der Waals surface area contributed by atoms with Crippen LogP contribution < -0.4 is 10.2 Å². The van der Waals surface area contributed by atoms with Crippen LogP contribution in [-0.4, -0.2) is 25.9 Å². The number of benzene rings is 1. The second kappa shape index (κ2) is 5.58. The van der Waals surface area contributed by atoms with Gasteiger partial charge in [-0.2, -0.15) is 8.42 Å². The van der Waals surface area contributed by atoms with Crippen LogP contribution in [0.3, 0.4) is 0 Å². The average Bonchev–Trinajstić information content (AvgIpc) is 2.47. The topological polar surface area (TPSA) is 74.7 Å². The van der Waals surface area contributed by atoms with Crippen molar-refractivity contribution in [3.8, 4) is 0 Å². The summed E-state index contributed by atoms with van der Waals surface area (Å²) in [6, 6.07) is 6.54. The molecule has 2 heterocycles. The van der Waals surface area contributed by atoms with Gasteiger partial charge >= 0.3 is 0 Å². The second-order valence-corrected chi connectivity index (χ2v) is 6.25. The molecule has 120 valence electrons. The number of aromatic nitrogens is 1. The molecule has 6 nitrogen and oxygen atoms in total. The lowest BCUT2D eigenvalue weighted by molar-refractivity contribution is 0.551. The Balaban J connectivity index is 2.12. The van der Waals surface area contributed by atoms with Gasteiger partial charge in [-0.25, -0.2) is 13.8 Å². The van der Waals surface area contributed by atoms with Crippen molar-refractivity contribution in [1.82, 2.24) is 4.98 Å². The number of hydrogen-bond acceptors (Lipinski definition) is 5. The number of guanidine groups is 1. The number of anilines is 2. The summed E-state index contributed by atoms with van der Waals surface area (Å²) in [6.07, 6.45) is 1.54. The SMILES string of the molecule is CCN(C1=NS(=O)(=O)c2c(F)cc(F)cc2N1)c1ccccn1. The van der Waals surface area contributed by atoms with Crippen LogP contribution in [-0.2, 0) is 10.0 Å². The standard InChI is InChI=1S/C14H12F2N4O2S/c1-2-20(12-5-3-4-6-17-12)14-18-11-8-9(15)7-10(16)13(11)23(21,22)19-14/h3-8H,2H2,1H3,(H,18,19). The molecule has 0 saturated carbocycles. The Labute approximate surface area is 131 Å². The highest BCUT2D eigenvalue weighted by atomic mass is 32.2. The molecular weight excluding hydrogens is 326 g/mol. The number of halogens is 2. The molecule has 1 aliphatic heterocycles. The summed E-state index contributed by atoms with van der Waals surface area (Å²) in [7, 11) is -4.29. The van der Waals surface area contributed by atoms with E-state index >= 15 is 0 Å². The third kappa shape index (κ3) is 2.74. The van der Waals surface area contributed by atoms with Crippen LogP contribution >= 0.6 is 0 Å². The fourth-order valence-corrected chi connectivity index (χ4v) is 3.42. The first-order valence-electron chi connectivity index (χ1n) is 6.72. The summed E-state index contributed by atoms with van der Waals surface area (Å²) in [4.78, 5) is 4.95. The van der Waals surface area contributed by atoms with Gasteiger partial charge in [-0.1, -0.05) is 6.07 Å². The van der Waals surface area contributed by atoms with Gasteiger partial charge in [0, 0.05) is 18.8 Å². The van der Waals surface area contributed by atoms with Crippen LogP contribution in [0, 0.1) is 11.6 Å². The summed E-state index contributed by atoms with van der Waals surface area (Å²) in [6.45, 7) is 2.12. The lowest BCUT2D eigenvalue weighted by Crippen LogP contribution is -2.40. The highest BCUT2D eigenvalue weighted by Gasteiger charge is 2.31. The summed E-state index contributed by atoms with van der Waals surface area (Å²) >= 11 is 0. The maximum atomic E-state index is 13.8. The highest BCUT2D eigenvalue weighted by molar-refractivity contribution is 7.90. The minimum atomic E-state index is -4.29. The number of pyridine rings is 1. The molecule has 0 saturated heterocycles. The molecule has 0 aliphatic carbocycles. The lowest BCUT2D eigenvalue weighted by atomic mass is 10.3. The van der Waals surface area contributed by atoms with E-state index in [0.29, 0.717) is 18.4 Å². The molecule has 1 aliphatic rings. The molecule has 1 aromatic carbocycles. The minimum absolute atomic E-state index is 0.0660. The van der Waals surface area contributed by atoms with Crippen molar-refractivity contribution < 1.29 is 17.2 Å². The number of hydrogen-bond donors (Lipinski definition) is 1. The van der Waals surface area contributed by atoms with E-state index in [9.17, 15) is 17.2 Å². The van der Waals surface area contributed by atoms with Gasteiger partial charge in [-0.3, -0.25) is 4.90 Å². The van der Waals surface area contributed by atoms with Crippen LogP contribution in [0.5, 0.6) is 0 Å². The number of fused-ring (bicyclic) bond motifs is 1. The van der Waals surface area contributed by atoms with E-state index in [4.69, 9.17) is 0 Å². The van der Waals surface area contributed by atoms with E-state index in [1.165, 1.54) is 4.90 Å². The number of nitrogens with one attached hydrogen (secondary N) is 1. The van der Waals surface area contributed by atoms with E-state index in [-0.39, 0.29) is 11.6 Å². The zero-order chi connectivity index (χ0) is 16.6. The van der Waals surface area contributed by atoms with Crippen LogP contribution in [0.4, 0.5) is 20.3 Å². The number of nitrogens with zero attached hydrogens (tertiary/aromatic N) is 3. The van der Waals surface area contributed by atoms with Crippen LogP contribution in [0.2, 0.25) is 0 Å². The Bertz CT molecular complexity index is 885. The number of sulfonamides is 1. The first-order chi connectivity index (χ1) is 10.9. The minimum Gasteiger partial charge on any atom is -0.324 e. The molecule has 9 heteroatoms. The summed E-state index contributed by atoms with van der Waals surface area (Å²) in [5.74, 6) is -1.68. The molecule has 1 aromatic heterocycles. The van der Waals surface area contributed by atoms with Crippen molar-refractivity contribution in [3.63, 3.8) is 0 Å². The molecule has 0 spiro atoms. The van der Waals surface area contributed by atoms with Gasteiger partial charge in [0.15, 0.2) is 0 Å². The van der Waals surface area contributed by atoms with E-state index in [2.05, 4.69) is 14.7 Å². The van der Waals surface area contributed by atoms with Crippen LogP contribution in [0.1, 0.15) is 6.92 Å². The zero-order valence-corrected chi connectivity index (χ0v) is 12.8. The number of rotatable bonds is 2. The van der Waals surface area contributed by atoms with Crippen molar-refractivity contribution >= 4 is 27.5 Å². The van der Waals surface area contributed by atoms with Gasteiger partial charge < -0.3 is 5.32 Å². The summed E-state index contributed by atoms with van der Waals surface area (Å²) in [5.41, 5.74) is -0.193. The van der Waals surface area contributed by atoms with Gasteiger partial charge in [0.2, 0.25) is 5.96 Å². The Morgan fingerprint density at radius 1 is 1.26 bits per heavy atom. The summed E-state index contributed by atoms with van der Waals surface area (Å²) < 4.78 is 55.3. The largest absolute Gasteiger partial charge is 0.324 e. The highest BCUT2D eigenvalue weighted by Crippen LogP contribution is 2.31. The van der Waals surface area contributed by atoms with Crippen molar-refractivity contribution in [1.29, 1.82) is 0 Å². The molecule has 0 radical (unpaired) electrons. The molecule has 0 fully saturated rings. The lowest BCUT2D eigenvalue weighted by Gasteiger charge is -2.27. The molecule has 2 aromatic rings. The molecule has 0 atom stereocenters. The van der Waals surface area contributed by atoms with Crippen LogP contribution in [0.15, 0.2) is 45.8 Å². The van der Waals surface area contributed by atoms with Gasteiger partial charge in [0.05, 0.1) is 5.69 Å². The maximum absolute atomic E-state index is 13.8. The third-order valence-corrected chi connectivity index (χ3v) is 4.56. The first-order valence-corrected chi connectivity index (χ1v) is 8.16. The van der Waals surface area contributed by atoms with E-state index in [0.717, 1.165) is 6.07 Å². The monoisotopic (exact) mass is 338 g/mol. The van der Waals surface area contributed by atoms with Gasteiger partial charge in [0.1, 0.15) is 22.3 Å². The van der Waals surface area contributed by atoms with E-state index in [1.54, 1.807) is 31.3 Å². The zero-order valence-electron chi connectivity index (χ0n) is 12.0. The molecule has 0 unspecified atom stereocenters. The Morgan fingerprint density at radius 3 is 2.70 bits per heavy atom. The fraction of sp³-hybridized carbons (Fsp3) is 0.143. The predicted octanol–water partition coefficient (Wildman–Crippen LogP) is 2.36. The van der Waals surface area contributed by atoms with E-state index in [1.807, 2.05) is 0 Å². The first kappa shape index (κ1) is 15.3. The molecular formula is C14H12F2N4O2S. The molecule has 1 N–H and O–H groups in total. The quantitative estimate of drug-likeness (QED) is 0.910.